The van der Waals surface area contributed by atoms with Crippen LogP contribution in [0.2, 0.25) is 0 Å². The highest BCUT2D eigenvalue weighted by atomic mass is 31.1. The molecule has 0 bridgehead atoms. The first-order valence-electron chi connectivity index (χ1n) is 13.8. The topological polar surface area (TPSA) is 21.6 Å². The Kier molecular flexibility index (Phi) is 8.77. The van der Waals surface area contributed by atoms with Crippen molar-refractivity contribution >= 4 is 30.6 Å². The van der Waals surface area contributed by atoms with Crippen molar-refractivity contribution in [3.63, 3.8) is 0 Å². The smallest absolute Gasteiger partial charge is 0.131 e. The first kappa shape index (κ1) is 28.8. The van der Waals surface area contributed by atoms with E-state index in [-0.39, 0.29) is 10.8 Å². The summed E-state index contributed by atoms with van der Waals surface area (Å²) in [4.78, 5) is 4.97. The van der Waals surface area contributed by atoms with Gasteiger partial charge in [0.15, 0.2) is 0 Å². The molecule has 0 aromatic heterocycles. The molecule has 0 amide bonds. The first-order chi connectivity index (χ1) is 18.4. The van der Waals surface area contributed by atoms with Crippen LogP contribution in [0.3, 0.4) is 0 Å². The van der Waals surface area contributed by atoms with E-state index in [9.17, 15) is 0 Å². The fourth-order valence-corrected chi connectivity index (χ4v) is 6.12. The summed E-state index contributed by atoms with van der Waals surface area (Å²) in [6.45, 7) is 18.6. The monoisotopic (exact) mass is 535 g/mol. The van der Waals surface area contributed by atoms with Gasteiger partial charge in [-0.25, -0.2) is 0 Å². The van der Waals surface area contributed by atoms with Gasteiger partial charge in [-0.3, -0.25) is 4.99 Å². The van der Waals surface area contributed by atoms with Crippen LogP contribution in [0.15, 0.2) is 96.0 Å². The van der Waals surface area contributed by atoms with Crippen molar-refractivity contribution in [1.82, 2.24) is 0 Å². The van der Waals surface area contributed by atoms with E-state index in [1.807, 2.05) is 24.3 Å². The summed E-state index contributed by atoms with van der Waals surface area (Å²) in [5.41, 5.74) is 8.22. The molecular weight excluding hydrogens is 493 g/mol. The molecule has 1 unspecified atom stereocenters. The lowest BCUT2D eigenvalue weighted by molar-refractivity contribution is 0.300. The van der Waals surface area contributed by atoms with Crippen LogP contribution in [0.5, 0.6) is 5.75 Å². The molecule has 0 heterocycles. The van der Waals surface area contributed by atoms with E-state index in [4.69, 9.17) is 9.73 Å². The Morgan fingerprint density at radius 2 is 1.41 bits per heavy atom. The zero-order chi connectivity index (χ0) is 28.2. The lowest BCUT2D eigenvalue weighted by atomic mass is 9.80. The molecule has 0 spiro atoms. The second-order valence-electron chi connectivity index (χ2n) is 12.3. The number of nitrogens with zero attached hydrogens (tertiary/aromatic N) is 1. The van der Waals surface area contributed by atoms with E-state index in [1.165, 1.54) is 38.4 Å². The van der Waals surface area contributed by atoms with Crippen LogP contribution in [0.4, 0.5) is 5.69 Å². The minimum absolute atomic E-state index is 0.0242. The largest absolute Gasteiger partial charge is 0.488 e. The number of aryl methyl sites for hydroxylation is 1. The molecular formula is C36H42NOP. The average Bonchev–Trinajstić information content (AvgIpc) is 2.88. The quantitative estimate of drug-likeness (QED) is 0.171. The number of benzene rings is 4. The molecule has 4 aromatic carbocycles. The Hall–Kier alpha value is -3.22. The van der Waals surface area contributed by atoms with E-state index in [0.29, 0.717) is 15.2 Å². The normalized spacial score (nSPS) is 12.8. The average molecular weight is 536 g/mol. The SMILES string of the molecule is CC(=Nc1ccccc1)c1cccc(C)c1Pc1cc(C(C)(C)C)cc(C(C)(C)C)c1OCc1ccccc1. The fourth-order valence-electron chi connectivity index (χ4n) is 4.62. The minimum atomic E-state index is -0.0637. The Morgan fingerprint density at radius 1 is 0.769 bits per heavy atom. The van der Waals surface area contributed by atoms with Gasteiger partial charge < -0.3 is 4.74 Å². The van der Waals surface area contributed by atoms with Crippen LogP contribution in [0.1, 0.15) is 76.3 Å². The Labute approximate surface area is 237 Å². The van der Waals surface area contributed by atoms with E-state index < -0.39 is 0 Å². The molecule has 0 saturated carbocycles. The molecule has 0 N–H and O–H groups in total. The van der Waals surface area contributed by atoms with E-state index in [0.717, 1.165) is 17.1 Å². The summed E-state index contributed by atoms with van der Waals surface area (Å²) in [5.74, 6) is 1.02. The van der Waals surface area contributed by atoms with Crippen molar-refractivity contribution in [2.24, 2.45) is 4.99 Å². The molecule has 4 aromatic rings. The van der Waals surface area contributed by atoms with Crippen molar-refractivity contribution in [1.29, 1.82) is 0 Å². The fraction of sp³-hybridized carbons (Fsp3) is 0.306. The Bertz CT molecular complexity index is 1440. The lowest BCUT2D eigenvalue weighted by Crippen LogP contribution is -2.24. The molecule has 0 saturated heterocycles. The van der Waals surface area contributed by atoms with Crippen LogP contribution in [0, 0.1) is 6.92 Å². The van der Waals surface area contributed by atoms with Crippen molar-refractivity contribution in [3.8, 4) is 5.75 Å². The Balaban J connectivity index is 1.86. The molecule has 0 aliphatic rings. The zero-order valence-electron chi connectivity index (χ0n) is 24.7. The molecule has 0 aliphatic heterocycles. The highest BCUT2D eigenvalue weighted by Gasteiger charge is 2.27. The minimum Gasteiger partial charge on any atom is -0.488 e. The molecule has 1 atom stereocenters. The summed E-state index contributed by atoms with van der Waals surface area (Å²) < 4.78 is 6.73. The number of hydrogen-bond donors (Lipinski definition) is 0. The number of para-hydroxylation sites is 1. The highest BCUT2D eigenvalue weighted by molar-refractivity contribution is 7.56. The van der Waals surface area contributed by atoms with E-state index in [1.54, 1.807) is 0 Å². The predicted octanol–water partition coefficient (Wildman–Crippen LogP) is 8.94. The highest BCUT2D eigenvalue weighted by Crippen LogP contribution is 2.38. The van der Waals surface area contributed by atoms with Gasteiger partial charge in [0.1, 0.15) is 12.4 Å². The molecule has 202 valence electrons. The van der Waals surface area contributed by atoms with Crippen molar-refractivity contribution in [3.05, 3.63) is 119 Å². The van der Waals surface area contributed by atoms with Gasteiger partial charge in [-0.1, -0.05) is 123 Å². The molecule has 0 aliphatic carbocycles. The third kappa shape index (κ3) is 7.25. The summed E-state index contributed by atoms with van der Waals surface area (Å²) in [6.07, 6.45) is 0. The summed E-state index contributed by atoms with van der Waals surface area (Å²) >= 11 is 0. The van der Waals surface area contributed by atoms with Crippen LogP contribution < -0.4 is 15.3 Å². The first-order valence-corrected chi connectivity index (χ1v) is 14.8. The maximum atomic E-state index is 6.73. The second-order valence-corrected chi connectivity index (χ2v) is 13.6. The molecule has 3 heteroatoms. The van der Waals surface area contributed by atoms with Gasteiger partial charge in [0.2, 0.25) is 0 Å². The number of aliphatic imine (C=N–C) groups is 1. The van der Waals surface area contributed by atoms with Crippen molar-refractivity contribution in [2.45, 2.75) is 72.8 Å². The predicted molar refractivity (Wildman–Crippen MR) is 172 cm³/mol. The van der Waals surface area contributed by atoms with Gasteiger partial charge in [-0.2, -0.15) is 0 Å². The van der Waals surface area contributed by atoms with Gasteiger partial charge in [-0.15, -0.1) is 0 Å². The lowest BCUT2D eigenvalue weighted by Gasteiger charge is -2.30. The van der Waals surface area contributed by atoms with Crippen LogP contribution >= 0.6 is 8.58 Å². The second kappa shape index (κ2) is 11.9. The summed E-state index contributed by atoms with van der Waals surface area (Å²) in [6, 6.07) is 32.0. The molecule has 39 heavy (non-hydrogen) atoms. The standard InChI is InChI=1S/C36H42NOP/c1-25-16-15-21-30(26(2)37-29-19-13-10-14-20-29)34(25)39-32-23-28(35(3,4)5)22-31(36(6,7)8)33(32)38-24-27-17-11-9-12-18-27/h9-23,39H,24H2,1-8H3. The van der Waals surface area contributed by atoms with Gasteiger partial charge in [0, 0.05) is 22.1 Å². The molecule has 4 rings (SSSR count). The molecule has 0 fully saturated rings. The molecule has 0 radical (unpaired) electrons. The maximum absolute atomic E-state index is 6.73. The van der Waals surface area contributed by atoms with Gasteiger partial charge >= 0.3 is 0 Å². The number of rotatable bonds is 7. The Morgan fingerprint density at radius 3 is 2.03 bits per heavy atom. The van der Waals surface area contributed by atoms with E-state index in [2.05, 4.69) is 122 Å². The molecule has 2 nitrogen and oxygen atoms in total. The third-order valence-corrected chi connectivity index (χ3v) is 8.52. The summed E-state index contributed by atoms with van der Waals surface area (Å²) in [7, 11) is 0.439. The maximum Gasteiger partial charge on any atom is 0.131 e. The van der Waals surface area contributed by atoms with Gasteiger partial charge in [0.25, 0.3) is 0 Å². The van der Waals surface area contributed by atoms with Crippen molar-refractivity contribution < 1.29 is 4.74 Å². The summed E-state index contributed by atoms with van der Waals surface area (Å²) in [5, 5.41) is 2.58. The van der Waals surface area contributed by atoms with Crippen LogP contribution in [-0.4, -0.2) is 5.71 Å². The zero-order valence-corrected chi connectivity index (χ0v) is 25.7. The number of ether oxygens (including phenoxy) is 1. The van der Waals surface area contributed by atoms with E-state index >= 15 is 0 Å². The van der Waals surface area contributed by atoms with Gasteiger partial charge in [-0.05, 0) is 64.9 Å². The van der Waals surface area contributed by atoms with Gasteiger partial charge in [0.05, 0.1) is 5.69 Å². The van der Waals surface area contributed by atoms with Crippen LogP contribution in [-0.2, 0) is 17.4 Å². The third-order valence-electron chi connectivity index (χ3n) is 6.96. The van der Waals surface area contributed by atoms with Crippen LogP contribution in [0.25, 0.3) is 0 Å². The number of hydrogen-bond acceptors (Lipinski definition) is 2. The van der Waals surface area contributed by atoms with Crippen molar-refractivity contribution in [2.75, 3.05) is 0 Å².